The predicted octanol–water partition coefficient (Wildman–Crippen LogP) is 4.50. The second kappa shape index (κ2) is 7.30. The SMILES string of the molecule is CCC(c1nccs1)N1CC[C@@]2(CCn3nc(-c4cnc(N)c(C(F)(F)F)c4)cc32)C1. The lowest BCUT2D eigenvalue weighted by Gasteiger charge is -2.28. The van der Waals surface area contributed by atoms with Crippen molar-refractivity contribution in [2.45, 2.75) is 50.4 Å². The fourth-order valence-electron chi connectivity index (χ4n) is 5.02. The highest BCUT2D eigenvalue weighted by molar-refractivity contribution is 7.09. The van der Waals surface area contributed by atoms with Crippen molar-refractivity contribution in [3.05, 3.63) is 46.2 Å². The number of aromatic nitrogens is 4. The number of aryl methyl sites for hydroxylation is 1. The molecule has 2 N–H and O–H groups in total. The Bertz CT molecular complexity index is 1090. The van der Waals surface area contributed by atoms with Gasteiger partial charge in [-0.2, -0.15) is 18.3 Å². The number of rotatable bonds is 4. The van der Waals surface area contributed by atoms with E-state index in [1.165, 1.54) is 6.20 Å². The van der Waals surface area contributed by atoms with E-state index in [2.05, 4.69) is 26.9 Å². The first-order valence-electron chi connectivity index (χ1n) is 10.4. The molecule has 1 unspecified atom stereocenters. The first kappa shape index (κ1) is 20.4. The maximum atomic E-state index is 13.3. The summed E-state index contributed by atoms with van der Waals surface area (Å²) in [4.78, 5) is 10.8. The molecule has 3 aromatic heterocycles. The number of fused-ring (bicyclic) bond motifs is 2. The van der Waals surface area contributed by atoms with E-state index in [0.29, 0.717) is 17.3 Å². The van der Waals surface area contributed by atoms with Crippen LogP contribution in [0.25, 0.3) is 11.3 Å². The lowest BCUT2D eigenvalue weighted by atomic mass is 9.82. The second-order valence-electron chi connectivity index (χ2n) is 8.34. The van der Waals surface area contributed by atoms with Crippen molar-refractivity contribution in [1.82, 2.24) is 24.6 Å². The van der Waals surface area contributed by atoms with Gasteiger partial charge in [0.15, 0.2) is 0 Å². The van der Waals surface area contributed by atoms with E-state index in [1.54, 1.807) is 11.3 Å². The van der Waals surface area contributed by atoms with Crippen molar-refractivity contribution in [2.24, 2.45) is 0 Å². The number of nitrogen functional groups attached to an aromatic ring is 1. The Labute approximate surface area is 181 Å². The van der Waals surface area contributed by atoms with Gasteiger partial charge in [-0.05, 0) is 37.9 Å². The van der Waals surface area contributed by atoms with E-state index in [0.717, 1.165) is 55.7 Å². The van der Waals surface area contributed by atoms with Crippen LogP contribution in [0.5, 0.6) is 0 Å². The van der Waals surface area contributed by atoms with Crippen LogP contribution in [0.15, 0.2) is 29.9 Å². The molecule has 0 aliphatic carbocycles. The zero-order valence-corrected chi connectivity index (χ0v) is 17.9. The molecule has 2 atom stereocenters. The number of pyridine rings is 1. The molecule has 10 heteroatoms. The number of thiazole rings is 1. The molecule has 2 aliphatic rings. The molecule has 3 aromatic rings. The summed E-state index contributed by atoms with van der Waals surface area (Å²) >= 11 is 1.69. The van der Waals surface area contributed by atoms with Gasteiger partial charge >= 0.3 is 6.18 Å². The minimum atomic E-state index is -4.55. The summed E-state index contributed by atoms with van der Waals surface area (Å²) in [6.45, 7) is 4.83. The first-order chi connectivity index (χ1) is 14.8. The van der Waals surface area contributed by atoms with E-state index >= 15 is 0 Å². The maximum absolute atomic E-state index is 13.3. The maximum Gasteiger partial charge on any atom is 0.419 e. The van der Waals surface area contributed by atoms with Gasteiger partial charge in [-0.15, -0.1) is 11.3 Å². The highest BCUT2D eigenvalue weighted by Crippen LogP contribution is 2.46. The molecule has 6 nitrogen and oxygen atoms in total. The summed E-state index contributed by atoms with van der Waals surface area (Å²) in [5.41, 5.74) is 6.45. The number of hydrogen-bond acceptors (Lipinski definition) is 6. The number of nitrogens with two attached hydrogens (primary N) is 1. The smallest absolute Gasteiger partial charge is 0.383 e. The van der Waals surface area contributed by atoms with Crippen molar-refractivity contribution >= 4 is 17.2 Å². The average molecular weight is 449 g/mol. The lowest BCUT2D eigenvalue weighted by molar-refractivity contribution is -0.137. The number of anilines is 1. The van der Waals surface area contributed by atoms with Crippen LogP contribution in [0.2, 0.25) is 0 Å². The summed E-state index contributed by atoms with van der Waals surface area (Å²) in [6.07, 6.45) is 1.66. The molecular formula is C21H23F3N6S. The monoisotopic (exact) mass is 448 g/mol. The number of likely N-dealkylation sites (tertiary alicyclic amines) is 1. The number of alkyl halides is 3. The third kappa shape index (κ3) is 3.41. The molecule has 1 spiro atoms. The summed E-state index contributed by atoms with van der Waals surface area (Å²) in [6, 6.07) is 3.28. The van der Waals surface area contributed by atoms with E-state index < -0.39 is 17.6 Å². The molecule has 164 valence electrons. The van der Waals surface area contributed by atoms with Gasteiger partial charge in [0.2, 0.25) is 0 Å². The molecule has 31 heavy (non-hydrogen) atoms. The van der Waals surface area contributed by atoms with E-state index in [-0.39, 0.29) is 5.41 Å². The number of hydrogen-bond donors (Lipinski definition) is 1. The minimum absolute atomic E-state index is 0.0238. The van der Waals surface area contributed by atoms with Gasteiger partial charge in [0, 0.05) is 47.5 Å². The third-order valence-electron chi connectivity index (χ3n) is 6.59. The van der Waals surface area contributed by atoms with Crippen LogP contribution < -0.4 is 5.73 Å². The van der Waals surface area contributed by atoms with Crippen molar-refractivity contribution in [3.63, 3.8) is 0 Å². The minimum Gasteiger partial charge on any atom is -0.383 e. The van der Waals surface area contributed by atoms with Crippen LogP contribution in [0, 0.1) is 0 Å². The van der Waals surface area contributed by atoms with E-state index in [4.69, 9.17) is 5.73 Å². The molecule has 5 heterocycles. The van der Waals surface area contributed by atoms with Gasteiger partial charge in [-0.3, -0.25) is 9.58 Å². The summed E-state index contributed by atoms with van der Waals surface area (Å²) in [5.74, 6) is -0.515. The summed E-state index contributed by atoms with van der Waals surface area (Å²) in [5, 5.41) is 7.76. The van der Waals surface area contributed by atoms with Gasteiger partial charge in [-0.1, -0.05) is 6.92 Å². The molecule has 2 aliphatic heterocycles. The van der Waals surface area contributed by atoms with Crippen LogP contribution in [0.4, 0.5) is 19.0 Å². The molecule has 1 saturated heterocycles. The Morgan fingerprint density at radius 1 is 1.23 bits per heavy atom. The highest BCUT2D eigenvalue weighted by atomic mass is 32.1. The van der Waals surface area contributed by atoms with Crippen molar-refractivity contribution in [2.75, 3.05) is 18.8 Å². The molecule has 5 rings (SSSR count). The zero-order valence-electron chi connectivity index (χ0n) is 17.1. The standard InChI is InChI=1S/C21H23F3N6S/c1-2-16(19-26-5-8-31-19)29-6-3-20(12-29)4-7-30-17(20)10-15(28-30)13-9-14(21(22,23)24)18(25)27-11-13/h5,8-11,16H,2-4,6-7,12H2,1H3,(H2,25,27)/t16?,20-/m1/s1. The Balaban J connectivity index is 1.44. The topological polar surface area (TPSA) is 72.9 Å². The molecule has 0 bridgehead atoms. The van der Waals surface area contributed by atoms with E-state index in [9.17, 15) is 13.2 Å². The first-order valence-corrected chi connectivity index (χ1v) is 11.2. The average Bonchev–Trinajstić information content (AvgIpc) is 3.50. The van der Waals surface area contributed by atoms with Gasteiger partial charge in [0.05, 0.1) is 17.3 Å². The fraction of sp³-hybridized carbons (Fsp3) is 0.476. The largest absolute Gasteiger partial charge is 0.419 e. The van der Waals surface area contributed by atoms with Crippen LogP contribution in [0.1, 0.15) is 48.5 Å². The van der Waals surface area contributed by atoms with Crippen LogP contribution in [0.3, 0.4) is 0 Å². The molecular weight excluding hydrogens is 425 g/mol. The molecule has 0 aromatic carbocycles. The molecule has 0 radical (unpaired) electrons. The quantitative estimate of drug-likeness (QED) is 0.636. The van der Waals surface area contributed by atoms with Crippen molar-refractivity contribution in [1.29, 1.82) is 0 Å². The van der Waals surface area contributed by atoms with Gasteiger partial charge in [0.1, 0.15) is 10.8 Å². The van der Waals surface area contributed by atoms with Crippen LogP contribution in [-0.2, 0) is 18.1 Å². The molecule has 0 saturated carbocycles. The van der Waals surface area contributed by atoms with E-state index in [1.807, 2.05) is 22.3 Å². The Morgan fingerprint density at radius 3 is 2.74 bits per heavy atom. The van der Waals surface area contributed by atoms with Crippen molar-refractivity contribution < 1.29 is 13.2 Å². The Hall–Kier alpha value is -2.46. The third-order valence-corrected chi connectivity index (χ3v) is 7.47. The number of nitrogens with zero attached hydrogens (tertiary/aromatic N) is 5. The Kier molecular flexibility index (Phi) is 4.82. The molecule has 0 amide bonds. The van der Waals surface area contributed by atoms with Gasteiger partial charge in [-0.25, -0.2) is 9.97 Å². The van der Waals surface area contributed by atoms with Crippen LogP contribution in [-0.4, -0.2) is 37.7 Å². The second-order valence-corrected chi connectivity index (χ2v) is 9.26. The van der Waals surface area contributed by atoms with Crippen molar-refractivity contribution in [3.8, 4) is 11.3 Å². The van der Waals surface area contributed by atoms with Gasteiger partial charge < -0.3 is 5.73 Å². The lowest BCUT2D eigenvalue weighted by Crippen LogP contribution is -2.31. The summed E-state index contributed by atoms with van der Waals surface area (Å²) in [7, 11) is 0. The Morgan fingerprint density at radius 2 is 2.03 bits per heavy atom. The predicted molar refractivity (Wildman–Crippen MR) is 113 cm³/mol. The fourth-order valence-corrected chi connectivity index (χ4v) is 5.87. The van der Waals surface area contributed by atoms with Gasteiger partial charge in [0.25, 0.3) is 0 Å². The van der Waals surface area contributed by atoms with Crippen LogP contribution >= 0.6 is 11.3 Å². The zero-order chi connectivity index (χ0) is 21.8. The summed E-state index contributed by atoms with van der Waals surface area (Å²) < 4.78 is 41.7. The highest BCUT2D eigenvalue weighted by Gasteiger charge is 2.47. The molecule has 1 fully saturated rings. The normalized spacial score (nSPS) is 22.3. The number of halogens is 3.